The highest BCUT2D eigenvalue weighted by molar-refractivity contribution is 5.66. The van der Waals surface area contributed by atoms with E-state index in [0.29, 0.717) is 24.8 Å². The zero-order chi connectivity index (χ0) is 13.0. The predicted octanol–water partition coefficient (Wildman–Crippen LogP) is -0.0297. The average Bonchev–Trinajstić information content (AvgIpc) is 2.74. The molecule has 18 heavy (non-hydrogen) atoms. The molecule has 1 aromatic heterocycles. The number of carboxylic acid groups (broad SMARTS) is 1. The Labute approximate surface area is 105 Å². The first-order valence-corrected chi connectivity index (χ1v) is 6.09. The van der Waals surface area contributed by atoms with Crippen LogP contribution in [-0.2, 0) is 11.3 Å². The highest BCUT2D eigenvalue weighted by Gasteiger charge is 2.19. The first kappa shape index (κ1) is 13.0. The highest BCUT2D eigenvalue weighted by atomic mass is 16.5. The van der Waals surface area contributed by atoms with Gasteiger partial charge in [-0.05, 0) is 6.92 Å². The molecule has 1 aromatic rings. The van der Waals surface area contributed by atoms with Crippen molar-refractivity contribution in [2.75, 3.05) is 32.7 Å². The molecule has 100 valence electrons. The van der Waals surface area contributed by atoms with Crippen molar-refractivity contribution in [2.45, 2.75) is 19.9 Å². The minimum absolute atomic E-state index is 0.211. The lowest BCUT2D eigenvalue weighted by atomic mass is 10.3. The molecule has 2 rings (SSSR count). The van der Waals surface area contributed by atoms with Gasteiger partial charge in [0.25, 0.3) is 0 Å². The maximum Gasteiger partial charge on any atom is 0.304 e. The Morgan fingerprint density at radius 1 is 1.33 bits per heavy atom. The monoisotopic (exact) mass is 254 g/mol. The topological polar surface area (TPSA) is 82.7 Å². The van der Waals surface area contributed by atoms with Crippen molar-refractivity contribution in [1.29, 1.82) is 0 Å². The van der Waals surface area contributed by atoms with E-state index in [9.17, 15) is 4.79 Å². The third kappa shape index (κ3) is 3.78. The quantitative estimate of drug-likeness (QED) is 0.790. The largest absolute Gasteiger partial charge is 0.481 e. The van der Waals surface area contributed by atoms with Crippen LogP contribution in [0.25, 0.3) is 0 Å². The van der Waals surface area contributed by atoms with Crippen LogP contribution >= 0.6 is 0 Å². The number of nitrogens with zero attached hydrogens (tertiary/aromatic N) is 4. The molecule has 2 heterocycles. The zero-order valence-corrected chi connectivity index (χ0v) is 10.5. The van der Waals surface area contributed by atoms with Crippen molar-refractivity contribution in [1.82, 2.24) is 19.9 Å². The number of aliphatic carboxylic acids is 1. The molecule has 1 N–H and O–H groups in total. The summed E-state index contributed by atoms with van der Waals surface area (Å²) in [4.78, 5) is 19.1. The summed E-state index contributed by atoms with van der Waals surface area (Å²) < 4.78 is 5.08. The third-order valence-electron chi connectivity index (χ3n) is 3.04. The molecule has 7 heteroatoms. The minimum atomic E-state index is -0.737. The Morgan fingerprint density at radius 2 is 2.00 bits per heavy atom. The van der Waals surface area contributed by atoms with Gasteiger partial charge in [-0.2, -0.15) is 4.98 Å². The van der Waals surface area contributed by atoms with Gasteiger partial charge in [0.15, 0.2) is 5.82 Å². The van der Waals surface area contributed by atoms with Crippen LogP contribution in [0.5, 0.6) is 0 Å². The summed E-state index contributed by atoms with van der Waals surface area (Å²) >= 11 is 0. The van der Waals surface area contributed by atoms with E-state index < -0.39 is 5.97 Å². The standard InChI is InChI=1S/C11H18N4O3/c1-9-12-10(18-13-9)8-15-6-4-14(5-7-15)3-2-11(16)17/h2-8H2,1H3,(H,16,17). The Balaban J connectivity index is 1.71. The molecular weight excluding hydrogens is 236 g/mol. The first-order chi connectivity index (χ1) is 8.63. The third-order valence-corrected chi connectivity index (χ3v) is 3.04. The molecule has 0 aromatic carbocycles. The summed E-state index contributed by atoms with van der Waals surface area (Å²) in [6, 6.07) is 0. The Hall–Kier alpha value is -1.47. The van der Waals surface area contributed by atoms with E-state index in [0.717, 1.165) is 26.2 Å². The number of aryl methyl sites for hydroxylation is 1. The van der Waals surface area contributed by atoms with Gasteiger partial charge >= 0.3 is 5.97 Å². The highest BCUT2D eigenvalue weighted by Crippen LogP contribution is 2.07. The molecule has 1 saturated heterocycles. The van der Waals surface area contributed by atoms with Gasteiger partial charge in [-0.1, -0.05) is 5.16 Å². The summed E-state index contributed by atoms with van der Waals surface area (Å²) in [5, 5.41) is 12.4. The molecule has 7 nitrogen and oxygen atoms in total. The van der Waals surface area contributed by atoms with E-state index in [1.165, 1.54) is 0 Å². The molecule has 0 aliphatic carbocycles. The summed E-state index contributed by atoms with van der Waals surface area (Å²) in [5.41, 5.74) is 0. The van der Waals surface area contributed by atoms with Crippen LogP contribution in [0.15, 0.2) is 4.52 Å². The van der Waals surface area contributed by atoms with Crippen molar-refractivity contribution in [3.63, 3.8) is 0 Å². The van der Waals surface area contributed by atoms with E-state index in [1.807, 2.05) is 0 Å². The molecule has 0 atom stereocenters. The van der Waals surface area contributed by atoms with Crippen LogP contribution in [-0.4, -0.2) is 63.7 Å². The maximum absolute atomic E-state index is 10.5. The Kier molecular flexibility index (Phi) is 4.27. The number of piperazine rings is 1. The molecular formula is C11H18N4O3. The molecule has 0 bridgehead atoms. The zero-order valence-electron chi connectivity index (χ0n) is 10.5. The molecule has 0 unspecified atom stereocenters. The van der Waals surface area contributed by atoms with Crippen LogP contribution in [0.1, 0.15) is 18.1 Å². The SMILES string of the molecule is Cc1noc(CN2CCN(CCC(=O)O)CC2)n1. The fourth-order valence-corrected chi connectivity index (χ4v) is 2.02. The molecule has 0 spiro atoms. The second-order valence-electron chi connectivity index (χ2n) is 4.50. The maximum atomic E-state index is 10.5. The van der Waals surface area contributed by atoms with Crippen LogP contribution in [0.4, 0.5) is 0 Å². The number of rotatable bonds is 5. The van der Waals surface area contributed by atoms with Crippen LogP contribution in [0, 0.1) is 6.92 Å². The van der Waals surface area contributed by atoms with Crippen molar-refractivity contribution in [3.05, 3.63) is 11.7 Å². The lowest BCUT2D eigenvalue weighted by molar-refractivity contribution is -0.137. The lowest BCUT2D eigenvalue weighted by Gasteiger charge is -2.33. The van der Waals surface area contributed by atoms with E-state index in [4.69, 9.17) is 9.63 Å². The molecule has 0 radical (unpaired) electrons. The van der Waals surface area contributed by atoms with E-state index in [1.54, 1.807) is 6.92 Å². The van der Waals surface area contributed by atoms with Gasteiger partial charge in [-0.3, -0.25) is 9.69 Å². The van der Waals surface area contributed by atoms with E-state index >= 15 is 0 Å². The summed E-state index contributed by atoms with van der Waals surface area (Å²) in [5.74, 6) is 0.565. The van der Waals surface area contributed by atoms with Crippen LogP contribution in [0.3, 0.4) is 0 Å². The van der Waals surface area contributed by atoms with Crippen molar-refractivity contribution < 1.29 is 14.4 Å². The van der Waals surface area contributed by atoms with Gasteiger partial charge in [-0.25, -0.2) is 0 Å². The molecule has 1 aliphatic rings. The summed E-state index contributed by atoms with van der Waals surface area (Å²) in [7, 11) is 0. The van der Waals surface area contributed by atoms with Crippen LogP contribution < -0.4 is 0 Å². The number of hydrogen-bond donors (Lipinski definition) is 1. The van der Waals surface area contributed by atoms with Crippen LogP contribution in [0.2, 0.25) is 0 Å². The molecule has 0 amide bonds. The smallest absolute Gasteiger partial charge is 0.304 e. The number of hydrogen-bond acceptors (Lipinski definition) is 6. The Morgan fingerprint density at radius 3 is 2.56 bits per heavy atom. The van der Waals surface area contributed by atoms with Gasteiger partial charge in [-0.15, -0.1) is 0 Å². The molecule has 1 aliphatic heterocycles. The summed E-state index contributed by atoms with van der Waals surface area (Å²) in [6.07, 6.45) is 0.211. The van der Waals surface area contributed by atoms with Gasteiger partial charge in [0.1, 0.15) is 0 Å². The van der Waals surface area contributed by atoms with Crippen molar-refractivity contribution in [3.8, 4) is 0 Å². The lowest BCUT2D eigenvalue weighted by Crippen LogP contribution is -2.46. The predicted molar refractivity (Wildman–Crippen MR) is 63.0 cm³/mol. The van der Waals surface area contributed by atoms with Gasteiger partial charge in [0.2, 0.25) is 5.89 Å². The first-order valence-electron chi connectivity index (χ1n) is 6.09. The fraction of sp³-hybridized carbons (Fsp3) is 0.727. The Bertz CT molecular complexity index is 399. The normalized spacial score (nSPS) is 18.1. The van der Waals surface area contributed by atoms with E-state index in [2.05, 4.69) is 19.9 Å². The van der Waals surface area contributed by atoms with Crippen molar-refractivity contribution in [2.24, 2.45) is 0 Å². The van der Waals surface area contributed by atoms with Gasteiger partial charge < -0.3 is 14.5 Å². The number of carbonyl (C=O) groups is 1. The van der Waals surface area contributed by atoms with Crippen molar-refractivity contribution >= 4 is 5.97 Å². The number of aromatic nitrogens is 2. The average molecular weight is 254 g/mol. The summed E-state index contributed by atoms with van der Waals surface area (Å²) in [6.45, 7) is 6.69. The minimum Gasteiger partial charge on any atom is -0.481 e. The second kappa shape index (κ2) is 5.92. The van der Waals surface area contributed by atoms with E-state index in [-0.39, 0.29) is 6.42 Å². The second-order valence-corrected chi connectivity index (χ2v) is 4.50. The molecule has 0 saturated carbocycles. The number of carboxylic acids is 1. The van der Waals surface area contributed by atoms with Gasteiger partial charge in [0.05, 0.1) is 13.0 Å². The molecule has 1 fully saturated rings. The fourth-order valence-electron chi connectivity index (χ4n) is 2.02. The van der Waals surface area contributed by atoms with Gasteiger partial charge in [0, 0.05) is 32.7 Å².